The van der Waals surface area contributed by atoms with E-state index in [1.165, 1.54) is 37.7 Å². The highest BCUT2D eigenvalue weighted by atomic mass is 16.5. The lowest BCUT2D eigenvalue weighted by molar-refractivity contribution is 0.363. The van der Waals surface area contributed by atoms with Gasteiger partial charge in [0.2, 0.25) is 0 Å². The zero-order valence-corrected chi connectivity index (χ0v) is 13.0. The van der Waals surface area contributed by atoms with Gasteiger partial charge in [0, 0.05) is 12.6 Å². The van der Waals surface area contributed by atoms with E-state index in [0.717, 1.165) is 12.3 Å². The molecule has 0 amide bonds. The van der Waals surface area contributed by atoms with Crippen LogP contribution in [-0.2, 0) is 6.54 Å². The van der Waals surface area contributed by atoms with E-state index in [0.29, 0.717) is 12.6 Å². The van der Waals surface area contributed by atoms with Crippen molar-refractivity contribution in [1.82, 2.24) is 5.32 Å². The fourth-order valence-electron chi connectivity index (χ4n) is 2.27. The van der Waals surface area contributed by atoms with E-state index in [9.17, 15) is 0 Å². The zero-order chi connectivity index (χ0) is 14.6. The summed E-state index contributed by atoms with van der Waals surface area (Å²) in [6, 6.07) is 8.97. The van der Waals surface area contributed by atoms with Crippen molar-refractivity contribution in [2.24, 2.45) is 0 Å². The fourth-order valence-corrected chi connectivity index (χ4v) is 2.27. The van der Waals surface area contributed by atoms with Crippen molar-refractivity contribution < 1.29 is 4.74 Å². The van der Waals surface area contributed by atoms with Gasteiger partial charge in [0.1, 0.15) is 12.4 Å². The molecule has 0 aliphatic rings. The highest BCUT2D eigenvalue weighted by molar-refractivity contribution is 5.27. The van der Waals surface area contributed by atoms with E-state index in [-0.39, 0.29) is 0 Å². The van der Waals surface area contributed by atoms with Gasteiger partial charge in [-0.25, -0.2) is 0 Å². The second-order valence-corrected chi connectivity index (χ2v) is 5.25. The van der Waals surface area contributed by atoms with Crippen molar-refractivity contribution in [2.45, 2.75) is 58.5 Å². The maximum atomic E-state index is 5.49. The van der Waals surface area contributed by atoms with Crippen LogP contribution < -0.4 is 10.1 Å². The van der Waals surface area contributed by atoms with Crippen molar-refractivity contribution in [3.05, 3.63) is 42.5 Å². The molecule has 1 N–H and O–H groups in total. The minimum Gasteiger partial charge on any atom is -0.490 e. The van der Waals surface area contributed by atoms with Gasteiger partial charge in [-0.1, -0.05) is 57.9 Å². The van der Waals surface area contributed by atoms with Crippen LogP contribution in [-0.4, -0.2) is 12.6 Å². The molecule has 0 bridgehead atoms. The van der Waals surface area contributed by atoms with Gasteiger partial charge in [-0.2, -0.15) is 0 Å². The second kappa shape index (κ2) is 10.5. The SMILES string of the molecule is C=CCOc1ccc(CNC(CCC)CCCC)cc1. The third-order valence-electron chi connectivity index (χ3n) is 3.43. The summed E-state index contributed by atoms with van der Waals surface area (Å²) in [4.78, 5) is 0. The first kappa shape index (κ1) is 16.8. The lowest BCUT2D eigenvalue weighted by Gasteiger charge is -2.18. The molecule has 0 aliphatic heterocycles. The van der Waals surface area contributed by atoms with Crippen molar-refractivity contribution in [3.8, 4) is 5.75 Å². The average Bonchev–Trinajstić information content (AvgIpc) is 2.49. The zero-order valence-electron chi connectivity index (χ0n) is 13.0. The summed E-state index contributed by atoms with van der Waals surface area (Å²) in [6.07, 6.45) is 8.14. The first-order chi connectivity index (χ1) is 9.80. The van der Waals surface area contributed by atoms with Crippen molar-refractivity contribution in [1.29, 1.82) is 0 Å². The molecule has 1 aromatic rings. The fraction of sp³-hybridized carbons (Fsp3) is 0.556. The molecule has 0 saturated carbocycles. The van der Waals surface area contributed by atoms with Gasteiger partial charge in [0.25, 0.3) is 0 Å². The number of unbranched alkanes of at least 4 members (excludes halogenated alkanes) is 1. The highest BCUT2D eigenvalue weighted by Gasteiger charge is 2.06. The van der Waals surface area contributed by atoms with Gasteiger partial charge in [0.05, 0.1) is 0 Å². The van der Waals surface area contributed by atoms with Crippen LogP contribution in [0.5, 0.6) is 5.75 Å². The lowest BCUT2D eigenvalue weighted by Crippen LogP contribution is -2.28. The summed E-state index contributed by atoms with van der Waals surface area (Å²) in [7, 11) is 0. The average molecular weight is 275 g/mol. The quantitative estimate of drug-likeness (QED) is 0.591. The van der Waals surface area contributed by atoms with Crippen LogP contribution in [0.1, 0.15) is 51.5 Å². The molecule has 112 valence electrons. The Labute approximate surface area is 124 Å². The molecule has 0 saturated heterocycles. The third kappa shape index (κ3) is 6.76. The lowest BCUT2D eigenvalue weighted by atomic mass is 10.0. The Morgan fingerprint density at radius 3 is 2.50 bits per heavy atom. The molecule has 2 nitrogen and oxygen atoms in total. The van der Waals surface area contributed by atoms with Gasteiger partial charge in [0.15, 0.2) is 0 Å². The molecule has 0 fully saturated rings. The first-order valence-corrected chi connectivity index (χ1v) is 7.86. The van der Waals surface area contributed by atoms with Crippen molar-refractivity contribution in [3.63, 3.8) is 0 Å². The summed E-state index contributed by atoms with van der Waals surface area (Å²) >= 11 is 0. The van der Waals surface area contributed by atoms with Gasteiger partial charge >= 0.3 is 0 Å². The topological polar surface area (TPSA) is 21.3 Å². The van der Waals surface area contributed by atoms with E-state index < -0.39 is 0 Å². The molecular weight excluding hydrogens is 246 g/mol. The molecule has 0 radical (unpaired) electrons. The summed E-state index contributed by atoms with van der Waals surface area (Å²) in [5.41, 5.74) is 1.31. The van der Waals surface area contributed by atoms with Crippen LogP contribution in [0, 0.1) is 0 Å². The van der Waals surface area contributed by atoms with Crippen LogP contribution in [0.4, 0.5) is 0 Å². The van der Waals surface area contributed by atoms with Crippen molar-refractivity contribution >= 4 is 0 Å². The smallest absolute Gasteiger partial charge is 0.119 e. The van der Waals surface area contributed by atoms with Crippen LogP contribution in [0.15, 0.2) is 36.9 Å². The van der Waals surface area contributed by atoms with E-state index >= 15 is 0 Å². The molecule has 20 heavy (non-hydrogen) atoms. The van der Waals surface area contributed by atoms with Gasteiger partial charge < -0.3 is 10.1 Å². The monoisotopic (exact) mass is 275 g/mol. The molecule has 2 heteroatoms. The minimum atomic E-state index is 0.563. The van der Waals surface area contributed by atoms with Gasteiger partial charge in [-0.15, -0.1) is 0 Å². The number of rotatable bonds is 11. The first-order valence-electron chi connectivity index (χ1n) is 7.86. The molecule has 1 unspecified atom stereocenters. The van der Waals surface area contributed by atoms with Gasteiger partial charge in [-0.3, -0.25) is 0 Å². The largest absolute Gasteiger partial charge is 0.490 e. The Bertz CT molecular complexity index is 358. The summed E-state index contributed by atoms with van der Waals surface area (Å²) < 4.78 is 5.49. The molecule has 0 aliphatic carbocycles. The standard InChI is InChI=1S/C18H29NO/c1-4-7-9-17(8-5-2)19-15-16-10-12-18(13-11-16)20-14-6-3/h6,10-13,17,19H,3-5,7-9,14-15H2,1-2H3. The number of hydrogen-bond donors (Lipinski definition) is 1. The molecule has 0 spiro atoms. The Morgan fingerprint density at radius 1 is 1.15 bits per heavy atom. The maximum absolute atomic E-state index is 5.49. The van der Waals surface area contributed by atoms with Crippen LogP contribution in [0.25, 0.3) is 0 Å². The van der Waals surface area contributed by atoms with Crippen LogP contribution >= 0.6 is 0 Å². The summed E-state index contributed by atoms with van der Waals surface area (Å²) in [5, 5.41) is 3.68. The maximum Gasteiger partial charge on any atom is 0.119 e. The number of nitrogens with one attached hydrogen (secondary N) is 1. The second-order valence-electron chi connectivity index (χ2n) is 5.25. The normalized spacial score (nSPS) is 12.1. The van der Waals surface area contributed by atoms with Crippen LogP contribution in [0.3, 0.4) is 0 Å². The molecule has 0 heterocycles. The molecule has 1 rings (SSSR count). The predicted octanol–water partition coefficient (Wildman–Crippen LogP) is 4.70. The molecule has 1 atom stereocenters. The number of ether oxygens (including phenoxy) is 1. The highest BCUT2D eigenvalue weighted by Crippen LogP contribution is 2.13. The van der Waals surface area contributed by atoms with E-state index in [1.54, 1.807) is 6.08 Å². The Kier molecular flexibility index (Phi) is 8.81. The molecule has 0 aromatic heterocycles. The van der Waals surface area contributed by atoms with E-state index in [1.807, 2.05) is 12.1 Å². The van der Waals surface area contributed by atoms with E-state index in [2.05, 4.69) is 37.9 Å². The van der Waals surface area contributed by atoms with Gasteiger partial charge in [-0.05, 0) is 30.5 Å². The molecule has 1 aromatic carbocycles. The Hall–Kier alpha value is -1.28. The molecular formula is C18H29NO. The number of hydrogen-bond acceptors (Lipinski definition) is 2. The van der Waals surface area contributed by atoms with Crippen molar-refractivity contribution in [2.75, 3.05) is 6.61 Å². The van der Waals surface area contributed by atoms with E-state index in [4.69, 9.17) is 4.74 Å². The summed E-state index contributed by atoms with van der Waals surface area (Å²) in [5.74, 6) is 0.907. The minimum absolute atomic E-state index is 0.563. The third-order valence-corrected chi connectivity index (χ3v) is 3.43. The van der Waals surface area contributed by atoms with Crippen LogP contribution in [0.2, 0.25) is 0 Å². The number of benzene rings is 1. The summed E-state index contributed by atoms with van der Waals surface area (Å²) in [6.45, 7) is 9.66. The Balaban J connectivity index is 2.40. The predicted molar refractivity (Wildman–Crippen MR) is 87.2 cm³/mol. The Morgan fingerprint density at radius 2 is 1.90 bits per heavy atom.